The summed E-state index contributed by atoms with van der Waals surface area (Å²) in [5.74, 6) is -0.389. The fourth-order valence-corrected chi connectivity index (χ4v) is 2.53. The summed E-state index contributed by atoms with van der Waals surface area (Å²) < 4.78 is 39.5. The smallest absolute Gasteiger partial charge is 0.354 e. The molecule has 2 rings (SSSR count). The van der Waals surface area contributed by atoms with Crippen molar-refractivity contribution in [3.8, 4) is 0 Å². The summed E-state index contributed by atoms with van der Waals surface area (Å²) in [7, 11) is 0. The van der Waals surface area contributed by atoms with Crippen molar-refractivity contribution in [2.75, 3.05) is 32.7 Å². The summed E-state index contributed by atoms with van der Waals surface area (Å²) in [5, 5.41) is 5.43. The van der Waals surface area contributed by atoms with Crippen molar-refractivity contribution in [3.05, 3.63) is 30.1 Å². The molecule has 1 aliphatic rings. The van der Waals surface area contributed by atoms with E-state index < -0.39 is 18.8 Å². The molecule has 24 heavy (non-hydrogen) atoms. The predicted molar refractivity (Wildman–Crippen MR) is 87.1 cm³/mol. The van der Waals surface area contributed by atoms with Crippen LogP contribution in [0.4, 0.5) is 13.2 Å². The molecule has 0 bridgehead atoms. The summed E-state index contributed by atoms with van der Waals surface area (Å²) in [6, 6.07) is 3.73. The zero-order valence-corrected chi connectivity index (χ0v) is 14.0. The largest absolute Gasteiger partial charge is 0.405 e. The fourth-order valence-electron chi connectivity index (χ4n) is 2.53. The number of rotatable bonds is 6. The number of carbonyl (C=O) groups excluding carboxylic acids is 1. The first-order valence-corrected chi connectivity index (χ1v) is 7.65. The molecule has 0 aliphatic carbocycles. The molecule has 0 spiro atoms. The van der Waals surface area contributed by atoms with Crippen LogP contribution in [0.1, 0.15) is 12.1 Å². The highest BCUT2D eigenvalue weighted by molar-refractivity contribution is 5.85. The van der Waals surface area contributed by atoms with Crippen LogP contribution in [0.15, 0.2) is 24.4 Å². The Bertz CT molecular complexity index is 495. The maximum absolute atomic E-state index is 13.2. The van der Waals surface area contributed by atoms with Crippen LogP contribution in [0, 0.1) is 0 Å². The second kappa shape index (κ2) is 9.80. The Kier molecular flexibility index (Phi) is 8.44. The molecule has 1 unspecified atom stereocenters. The fraction of sp³-hybridized carbons (Fsp3) is 0.600. The van der Waals surface area contributed by atoms with Crippen LogP contribution in [0.2, 0.25) is 0 Å². The Hall–Kier alpha value is -1.38. The Morgan fingerprint density at radius 1 is 1.33 bits per heavy atom. The zero-order chi connectivity index (χ0) is 16.7. The van der Waals surface area contributed by atoms with Crippen LogP contribution in [-0.2, 0) is 11.2 Å². The van der Waals surface area contributed by atoms with Crippen molar-refractivity contribution in [2.45, 2.75) is 25.1 Å². The molecule has 1 fully saturated rings. The van der Waals surface area contributed by atoms with E-state index in [0.717, 1.165) is 5.69 Å². The number of aromatic nitrogens is 1. The number of hydrogen-bond acceptors (Lipinski definition) is 4. The first-order chi connectivity index (χ1) is 11.0. The number of nitrogens with zero attached hydrogens (tertiary/aromatic N) is 2. The van der Waals surface area contributed by atoms with Gasteiger partial charge in [0, 0.05) is 51.0 Å². The number of piperazine rings is 1. The Labute approximate surface area is 145 Å². The number of aryl methyl sites for hydroxylation is 1. The molecule has 136 valence electrons. The van der Waals surface area contributed by atoms with Crippen molar-refractivity contribution in [2.24, 2.45) is 0 Å². The molecule has 2 heterocycles. The molecular formula is C15H22ClF3N4O. The van der Waals surface area contributed by atoms with Gasteiger partial charge >= 0.3 is 6.18 Å². The van der Waals surface area contributed by atoms with Gasteiger partial charge in [-0.3, -0.25) is 14.7 Å². The minimum atomic E-state index is -4.36. The van der Waals surface area contributed by atoms with Gasteiger partial charge in [0.1, 0.15) is 6.04 Å². The second-order valence-electron chi connectivity index (χ2n) is 5.47. The standard InChI is InChI=1S/C15H21F3N4O.ClH/c16-15(17,18)13(22-9-7-19-8-10-22)11-21-14(23)5-4-12-3-1-2-6-20-12;/h1-3,6,13,19H,4-5,7-11H2,(H,21,23);1H. The van der Waals surface area contributed by atoms with Gasteiger partial charge in [0.15, 0.2) is 0 Å². The van der Waals surface area contributed by atoms with Crippen LogP contribution >= 0.6 is 12.4 Å². The highest BCUT2D eigenvalue weighted by Gasteiger charge is 2.43. The maximum Gasteiger partial charge on any atom is 0.405 e. The first-order valence-electron chi connectivity index (χ1n) is 7.65. The van der Waals surface area contributed by atoms with Gasteiger partial charge in [0.25, 0.3) is 0 Å². The van der Waals surface area contributed by atoms with E-state index in [0.29, 0.717) is 32.6 Å². The van der Waals surface area contributed by atoms with E-state index in [1.54, 1.807) is 18.3 Å². The highest BCUT2D eigenvalue weighted by Crippen LogP contribution is 2.24. The summed E-state index contributed by atoms with van der Waals surface area (Å²) in [6.07, 6.45) is -2.19. The monoisotopic (exact) mass is 366 g/mol. The highest BCUT2D eigenvalue weighted by atomic mass is 35.5. The van der Waals surface area contributed by atoms with Crippen LogP contribution in [0.5, 0.6) is 0 Å². The van der Waals surface area contributed by atoms with Gasteiger partial charge in [-0.05, 0) is 18.6 Å². The molecule has 1 aromatic rings. The van der Waals surface area contributed by atoms with Crippen molar-refractivity contribution < 1.29 is 18.0 Å². The quantitative estimate of drug-likeness (QED) is 0.799. The molecule has 9 heteroatoms. The molecule has 1 saturated heterocycles. The summed E-state index contributed by atoms with van der Waals surface area (Å²) in [6.45, 7) is 1.30. The molecule has 0 saturated carbocycles. The van der Waals surface area contributed by atoms with Gasteiger partial charge in [0.2, 0.25) is 5.91 Å². The zero-order valence-electron chi connectivity index (χ0n) is 13.2. The normalized spacial score (nSPS) is 17.0. The van der Waals surface area contributed by atoms with E-state index >= 15 is 0 Å². The lowest BCUT2D eigenvalue weighted by atomic mass is 10.2. The molecule has 1 amide bonds. The number of alkyl halides is 3. The maximum atomic E-state index is 13.2. The van der Waals surface area contributed by atoms with E-state index in [4.69, 9.17) is 0 Å². The van der Waals surface area contributed by atoms with Crippen LogP contribution < -0.4 is 10.6 Å². The van der Waals surface area contributed by atoms with E-state index in [2.05, 4.69) is 15.6 Å². The van der Waals surface area contributed by atoms with Gasteiger partial charge in [-0.1, -0.05) is 6.07 Å². The number of amides is 1. The van der Waals surface area contributed by atoms with Gasteiger partial charge in [-0.25, -0.2) is 0 Å². The summed E-state index contributed by atoms with van der Waals surface area (Å²) in [4.78, 5) is 17.2. The minimum Gasteiger partial charge on any atom is -0.354 e. The lowest BCUT2D eigenvalue weighted by molar-refractivity contribution is -0.184. The van der Waals surface area contributed by atoms with Gasteiger partial charge < -0.3 is 10.6 Å². The number of carbonyl (C=O) groups is 1. The third-order valence-electron chi connectivity index (χ3n) is 3.80. The van der Waals surface area contributed by atoms with E-state index in [1.165, 1.54) is 4.90 Å². The third-order valence-corrected chi connectivity index (χ3v) is 3.80. The van der Waals surface area contributed by atoms with Gasteiger partial charge in [-0.15, -0.1) is 12.4 Å². The van der Waals surface area contributed by atoms with Crippen molar-refractivity contribution in [3.63, 3.8) is 0 Å². The molecule has 0 aromatic carbocycles. The van der Waals surface area contributed by atoms with Crippen LogP contribution in [0.25, 0.3) is 0 Å². The Morgan fingerprint density at radius 2 is 2.04 bits per heavy atom. The van der Waals surface area contributed by atoms with Crippen LogP contribution in [0.3, 0.4) is 0 Å². The molecule has 0 radical (unpaired) electrons. The Morgan fingerprint density at radius 3 is 2.62 bits per heavy atom. The topological polar surface area (TPSA) is 57.3 Å². The first kappa shape index (κ1) is 20.7. The van der Waals surface area contributed by atoms with Crippen molar-refractivity contribution in [1.29, 1.82) is 0 Å². The van der Waals surface area contributed by atoms with E-state index in [-0.39, 0.29) is 24.7 Å². The number of halogens is 4. The van der Waals surface area contributed by atoms with Gasteiger partial charge in [-0.2, -0.15) is 13.2 Å². The minimum absolute atomic E-state index is 0. The average Bonchev–Trinajstić information content (AvgIpc) is 2.54. The SMILES string of the molecule is Cl.O=C(CCc1ccccn1)NCC(N1CCNCC1)C(F)(F)F. The molecule has 1 aliphatic heterocycles. The van der Waals surface area contributed by atoms with Gasteiger partial charge in [0.05, 0.1) is 0 Å². The number of nitrogens with one attached hydrogen (secondary N) is 2. The average molecular weight is 367 g/mol. The molecular weight excluding hydrogens is 345 g/mol. The third kappa shape index (κ3) is 6.62. The second-order valence-corrected chi connectivity index (χ2v) is 5.47. The van der Waals surface area contributed by atoms with Crippen molar-refractivity contribution in [1.82, 2.24) is 20.5 Å². The van der Waals surface area contributed by atoms with Crippen molar-refractivity contribution >= 4 is 18.3 Å². The predicted octanol–water partition coefficient (Wildman–Crippen LogP) is 1.39. The summed E-state index contributed by atoms with van der Waals surface area (Å²) >= 11 is 0. The van der Waals surface area contributed by atoms with Crippen LogP contribution in [-0.4, -0.2) is 60.7 Å². The molecule has 5 nitrogen and oxygen atoms in total. The van der Waals surface area contributed by atoms with E-state index in [1.807, 2.05) is 6.07 Å². The lowest BCUT2D eigenvalue weighted by Crippen LogP contribution is -2.57. The number of hydrogen-bond donors (Lipinski definition) is 2. The molecule has 2 N–H and O–H groups in total. The lowest BCUT2D eigenvalue weighted by Gasteiger charge is -2.35. The summed E-state index contributed by atoms with van der Waals surface area (Å²) in [5.41, 5.74) is 0.747. The Balaban J connectivity index is 0.00000288. The molecule has 1 atom stereocenters. The van der Waals surface area contributed by atoms with E-state index in [9.17, 15) is 18.0 Å². The molecule has 1 aromatic heterocycles. The number of pyridine rings is 1.